The lowest BCUT2D eigenvalue weighted by molar-refractivity contribution is 0.112. The van der Waals surface area contributed by atoms with E-state index in [1.807, 2.05) is 17.4 Å². The summed E-state index contributed by atoms with van der Waals surface area (Å²) in [5, 5.41) is 0. The van der Waals surface area contributed by atoms with Gasteiger partial charge in [0.05, 0.1) is 21.3 Å². The van der Waals surface area contributed by atoms with Gasteiger partial charge in [0.15, 0.2) is 11.5 Å². The van der Waals surface area contributed by atoms with Crippen LogP contribution in [-0.2, 0) is 25.8 Å². The fourth-order valence-corrected chi connectivity index (χ4v) is 6.88. The van der Waals surface area contributed by atoms with Crippen molar-refractivity contribution in [3.8, 4) is 17.2 Å². The van der Waals surface area contributed by atoms with Crippen LogP contribution in [0.1, 0.15) is 66.0 Å². The molecule has 0 aliphatic carbocycles. The minimum absolute atomic E-state index is 0.350. The smallest absolute Gasteiger partial charge is 0.203 e. The highest BCUT2D eigenvalue weighted by atomic mass is 32.1. The third-order valence-corrected chi connectivity index (χ3v) is 9.98. The molecule has 0 spiro atoms. The molecule has 1 aliphatic rings. The zero-order valence-electron chi connectivity index (χ0n) is 26.8. The van der Waals surface area contributed by atoms with Gasteiger partial charge in [0.25, 0.3) is 0 Å². The minimum Gasteiger partial charge on any atom is -0.493 e. The van der Waals surface area contributed by atoms with Gasteiger partial charge >= 0.3 is 0 Å². The molecule has 42 heavy (non-hydrogen) atoms. The van der Waals surface area contributed by atoms with Gasteiger partial charge in [-0.1, -0.05) is 49.7 Å². The Labute approximate surface area is 258 Å². The summed E-state index contributed by atoms with van der Waals surface area (Å²) >= 11 is 2.04. The van der Waals surface area contributed by atoms with E-state index in [2.05, 4.69) is 73.0 Å². The molecule has 5 nitrogen and oxygen atoms in total. The number of hydrogen-bond donors (Lipinski definition) is 0. The lowest BCUT2D eigenvalue weighted by Crippen LogP contribution is -2.46. The molecule has 1 aliphatic heterocycles. The van der Waals surface area contributed by atoms with Crippen molar-refractivity contribution in [3.05, 3.63) is 75.0 Å². The second kappa shape index (κ2) is 15.8. The molecule has 2 aromatic carbocycles. The summed E-state index contributed by atoms with van der Waals surface area (Å²) in [6, 6.07) is 17.8. The van der Waals surface area contributed by atoms with Crippen LogP contribution in [0.5, 0.6) is 17.2 Å². The number of piperazine rings is 1. The van der Waals surface area contributed by atoms with Crippen molar-refractivity contribution < 1.29 is 14.2 Å². The fraction of sp³-hybridized carbons (Fsp3) is 0.556. The number of aryl methyl sites for hydroxylation is 4. The molecule has 0 radical (unpaired) electrons. The molecule has 1 aromatic heterocycles. The van der Waals surface area contributed by atoms with E-state index in [1.165, 1.54) is 62.6 Å². The summed E-state index contributed by atoms with van der Waals surface area (Å²) in [4.78, 5) is 8.26. The van der Waals surface area contributed by atoms with Gasteiger partial charge in [-0.3, -0.25) is 4.90 Å². The molecular formula is C36H52N2O3S. The number of methoxy groups -OCH3 is 3. The van der Waals surface area contributed by atoms with Crippen molar-refractivity contribution in [2.45, 2.75) is 72.3 Å². The monoisotopic (exact) mass is 592 g/mol. The first kappa shape index (κ1) is 32.4. The van der Waals surface area contributed by atoms with Crippen LogP contribution < -0.4 is 14.2 Å². The van der Waals surface area contributed by atoms with Crippen LogP contribution >= 0.6 is 11.3 Å². The maximum atomic E-state index is 5.70. The largest absolute Gasteiger partial charge is 0.493 e. The molecule has 3 aromatic rings. The van der Waals surface area contributed by atoms with Gasteiger partial charge in [-0.05, 0) is 87.6 Å². The van der Waals surface area contributed by atoms with Gasteiger partial charge in [0.2, 0.25) is 5.75 Å². The van der Waals surface area contributed by atoms with E-state index in [-0.39, 0.29) is 0 Å². The maximum absolute atomic E-state index is 5.70. The van der Waals surface area contributed by atoms with E-state index in [0.717, 1.165) is 44.0 Å². The summed E-state index contributed by atoms with van der Waals surface area (Å²) in [5.41, 5.74) is 4.30. The predicted molar refractivity (Wildman–Crippen MR) is 177 cm³/mol. The van der Waals surface area contributed by atoms with Gasteiger partial charge < -0.3 is 19.1 Å². The van der Waals surface area contributed by atoms with Crippen LogP contribution in [0.4, 0.5) is 0 Å². The number of unbranched alkanes of at least 4 members (excludes halogenated alkanes) is 1. The zero-order chi connectivity index (χ0) is 30.0. The molecular weight excluding hydrogens is 540 g/mol. The fourth-order valence-electron chi connectivity index (χ4n) is 5.82. The highest BCUT2D eigenvalue weighted by Crippen LogP contribution is 2.40. The van der Waals surface area contributed by atoms with Crippen molar-refractivity contribution in [1.29, 1.82) is 0 Å². The van der Waals surface area contributed by atoms with E-state index in [4.69, 9.17) is 14.2 Å². The van der Waals surface area contributed by atoms with E-state index in [9.17, 15) is 0 Å². The van der Waals surface area contributed by atoms with Crippen LogP contribution in [-0.4, -0.2) is 63.9 Å². The lowest BCUT2D eigenvalue weighted by Gasteiger charge is -2.36. The molecule has 0 saturated carbocycles. The van der Waals surface area contributed by atoms with Gasteiger partial charge in [-0.25, -0.2) is 0 Å². The molecule has 1 saturated heterocycles. The molecule has 0 atom stereocenters. The van der Waals surface area contributed by atoms with Gasteiger partial charge in [0.1, 0.15) is 0 Å². The first-order chi connectivity index (χ1) is 20.3. The molecule has 1 fully saturated rings. The normalized spacial score (nSPS) is 14.7. The Morgan fingerprint density at radius 1 is 0.690 bits per heavy atom. The van der Waals surface area contributed by atoms with Crippen molar-refractivity contribution in [1.82, 2.24) is 9.80 Å². The van der Waals surface area contributed by atoms with Crippen LogP contribution in [0.3, 0.4) is 0 Å². The summed E-state index contributed by atoms with van der Waals surface area (Å²) in [7, 11) is 5.02. The van der Waals surface area contributed by atoms with E-state index in [0.29, 0.717) is 16.9 Å². The van der Waals surface area contributed by atoms with Crippen LogP contribution in [0.25, 0.3) is 0 Å². The Balaban J connectivity index is 1.14. The first-order valence-corrected chi connectivity index (χ1v) is 16.5. The molecule has 4 rings (SSSR count). The molecule has 6 heteroatoms. The number of ether oxygens (including phenoxy) is 3. The number of rotatable bonds is 16. The summed E-state index contributed by atoms with van der Waals surface area (Å²) in [6.07, 6.45) is 8.63. The minimum atomic E-state index is 0.350. The molecule has 0 bridgehead atoms. The van der Waals surface area contributed by atoms with Crippen molar-refractivity contribution in [2.75, 3.05) is 54.1 Å². The Hall–Kier alpha value is -2.54. The third kappa shape index (κ3) is 9.48. The quantitative estimate of drug-likeness (QED) is 0.159. The number of benzene rings is 2. The standard InChI is InChI=1S/C36H52N2O3S/c1-28-11-13-29(14-12-28)9-7-8-10-31-16-17-32(42-31)19-20-36(2,3)21-22-37-23-25-38(26-24-37)27-30-15-18-33(39-4)35(41-6)34(30)40-5/h11-18H,7-10,19-27H2,1-6H3. The second-order valence-electron chi connectivity index (χ2n) is 12.6. The average molecular weight is 593 g/mol. The summed E-state index contributed by atoms with van der Waals surface area (Å²) in [6.45, 7) is 13.5. The molecule has 2 heterocycles. The lowest BCUT2D eigenvalue weighted by atomic mass is 9.84. The summed E-state index contributed by atoms with van der Waals surface area (Å²) in [5.74, 6) is 2.15. The number of nitrogens with zero attached hydrogens (tertiary/aromatic N) is 2. The van der Waals surface area contributed by atoms with Crippen LogP contribution in [0, 0.1) is 12.3 Å². The topological polar surface area (TPSA) is 34.2 Å². The number of thiophene rings is 1. The molecule has 0 amide bonds. The average Bonchev–Trinajstić information content (AvgIpc) is 3.46. The maximum Gasteiger partial charge on any atom is 0.203 e. The van der Waals surface area contributed by atoms with E-state index < -0.39 is 0 Å². The van der Waals surface area contributed by atoms with Crippen molar-refractivity contribution >= 4 is 11.3 Å². The number of hydrogen-bond acceptors (Lipinski definition) is 6. The van der Waals surface area contributed by atoms with Crippen LogP contribution in [0.2, 0.25) is 0 Å². The summed E-state index contributed by atoms with van der Waals surface area (Å²) < 4.78 is 16.7. The Kier molecular flexibility index (Phi) is 12.2. The molecule has 0 N–H and O–H groups in total. The second-order valence-corrected chi connectivity index (χ2v) is 13.8. The van der Waals surface area contributed by atoms with E-state index >= 15 is 0 Å². The highest BCUT2D eigenvalue weighted by molar-refractivity contribution is 7.11. The molecule has 0 unspecified atom stereocenters. The SMILES string of the molecule is COc1ccc(CN2CCN(CCC(C)(C)CCc3ccc(CCCCc4ccc(C)cc4)s3)CC2)c(OC)c1OC. The Bertz CT molecular complexity index is 1230. The van der Waals surface area contributed by atoms with Crippen molar-refractivity contribution in [3.63, 3.8) is 0 Å². The van der Waals surface area contributed by atoms with Crippen LogP contribution in [0.15, 0.2) is 48.5 Å². The predicted octanol–water partition coefficient (Wildman–Crippen LogP) is 7.81. The van der Waals surface area contributed by atoms with Gasteiger partial charge in [-0.15, -0.1) is 11.3 Å². The Morgan fingerprint density at radius 3 is 2.00 bits per heavy atom. The van der Waals surface area contributed by atoms with Crippen molar-refractivity contribution in [2.24, 2.45) is 5.41 Å². The first-order valence-electron chi connectivity index (χ1n) is 15.7. The van der Waals surface area contributed by atoms with Gasteiger partial charge in [-0.2, -0.15) is 0 Å². The van der Waals surface area contributed by atoms with Gasteiger partial charge in [0, 0.05) is 48.0 Å². The third-order valence-electron chi connectivity index (χ3n) is 8.77. The molecule has 230 valence electrons. The highest BCUT2D eigenvalue weighted by Gasteiger charge is 2.24. The zero-order valence-corrected chi connectivity index (χ0v) is 27.7. The Morgan fingerprint density at radius 2 is 1.33 bits per heavy atom. The van der Waals surface area contributed by atoms with E-state index in [1.54, 1.807) is 31.1 Å².